The second-order valence-electron chi connectivity index (χ2n) is 4.88. The molecule has 0 atom stereocenters. The van der Waals surface area contributed by atoms with E-state index in [-0.39, 0.29) is 0 Å². The van der Waals surface area contributed by atoms with Crippen molar-refractivity contribution in [3.05, 3.63) is 30.5 Å². The second-order valence-corrected chi connectivity index (χ2v) is 4.88. The summed E-state index contributed by atoms with van der Waals surface area (Å²) in [5.41, 5.74) is 1.20. The summed E-state index contributed by atoms with van der Waals surface area (Å²) in [7, 11) is 4.06. The highest BCUT2D eigenvalue weighted by atomic mass is 15.1. The predicted octanol–water partition coefficient (Wildman–Crippen LogP) is 2.88. The lowest BCUT2D eigenvalue weighted by molar-refractivity contribution is 1.08. The normalized spacial score (nSPS) is 14.9. The van der Waals surface area contributed by atoms with Crippen LogP contribution in [0.1, 0.15) is 12.8 Å². The first-order chi connectivity index (χ1) is 8.24. The molecule has 0 amide bonds. The Morgan fingerprint density at radius 3 is 2.76 bits per heavy atom. The van der Waals surface area contributed by atoms with Gasteiger partial charge in [0.1, 0.15) is 5.82 Å². The van der Waals surface area contributed by atoms with Crippen molar-refractivity contribution in [1.29, 1.82) is 0 Å². The highest BCUT2D eigenvalue weighted by molar-refractivity contribution is 5.94. The van der Waals surface area contributed by atoms with E-state index in [0.717, 1.165) is 5.82 Å². The van der Waals surface area contributed by atoms with Gasteiger partial charge in [-0.05, 0) is 36.4 Å². The van der Waals surface area contributed by atoms with Crippen LogP contribution >= 0.6 is 0 Å². The smallest absolute Gasteiger partial charge is 0.135 e. The SMILES string of the molecule is CN(C)c1nccc2ccc(NC3CC3)cc12. The van der Waals surface area contributed by atoms with E-state index in [4.69, 9.17) is 0 Å². The number of nitrogens with zero attached hydrogens (tertiary/aromatic N) is 2. The third-order valence-corrected chi connectivity index (χ3v) is 3.12. The lowest BCUT2D eigenvalue weighted by atomic mass is 10.1. The Bertz CT molecular complexity index is 544. The van der Waals surface area contributed by atoms with Crippen molar-refractivity contribution in [2.24, 2.45) is 0 Å². The van der Waals surface area contributed by atoms with E-state index >= 15 is 0 Å². The van der Waals surface area contributed by atoms with Gasteiger partial charge in [-0.2, -0.15) is 0 Å². The maximum atomic E-state index is 4.44. The molecule has 0 aliphatic heterocycles. The molecule has 1 N–H and O–H groups in total. The lowest BCUT2D eigenvalue weighted by Crippen LogP contribution is -2.11. The molecule has 1 aromatic carbocycles. The quantitative estimate of drug-likeness (QED) is 0.874. The van der Waals surface area contributed by atoms with Crippen molar-refractivity contribution in [3.8, 4) is 0 Å². The van der Waals surface area contributed by atoms with Crippen LogP contribution in [-0.2, 0) is 0 Å². The van der Waals surface area contributed by atoms with Gasteiger partial charge in [-0.1, -0.05) is 6.07 Å². The topological polar surface area (TPSA) is 28.2 Å². The Hall–Kier alpha value is -1.77. The minimum Gasteiger partial charge on any atom is -0.382 e. The van der Waals surface area contributed by atoms with Gasteiger partial charge >= 0.3 is 0 Å². The number of pyridine rings is 1. The number of benzene rings is 1. The van der Waals surface area contributed by atoms with E-state index < -0.39 is 0 Å². The Kier molecular flexibility index (Phi) is 2.39. The Morgan fingerprint density at radius 2 is 2.06 bits per heavy atom. The zero-order chi connectivity index (χ0) is 11.8. The minimum atomic E-state index is 0.687. The van der Waals surface area contributed by atoms with E-state index in [1.54, 1.807) is 0 Å². The minimum absolute atomic E-state index is 0.687. The number of nitrogens with one attached hydrogen (secondary N) is 1. The van der Waals surface area contributed by atoms with Gasteiger partial charge in [0.25, 0.3) is 0 Å². The molecule has 3 nitrogen and oxygen atoms in total. The van der Waals surface area contributed by atoms with Crippen molar-refractivity contribution in [2.45, 2.75) is 18.9 Å². The van der Waals surface area contributed by atoms with Crippen molar-refractivity contribution < 1.29 is 0 Å². The molecule has 2 aromatic rings. The predicted molar refractivity (Wildman–Crippen MR) is 72.7 cm³/mol. The number of rotatable bonds is 3. The summed E-state index contributed by atoms with van der Waals surface area (Å²) in [5, 5.41) is 5.98. The fraction of sp³-hybridized carbons (Fsp3) is 0.357. The van der Waals surface area contributed by atoms with E-state index in [1.165, 1.54) is 29.3 Å². The summed E-state index contributed by atoms with van der Waals surface area (Å²) >= 11 is 0. The molecule has 0 spiro atoms. The third kappa shape index (κ3) is 2.05. The van der Waals surface area contributed by atoms with Crippen LogP contribution in [0.3, 0.4) is 0 Å². The van der Waals surface area contributed by atoms with Crippen LogP contribution in [-0.4, -0.2) is 25.1 Å². The van der Waals surface area contributed by atoms with Crippen LogP contribution in [0.2, 0.25) is 0 Å². The van der Waals surface area contributed by atoms with Crippen molar-refractivity contribution in [3.63, 3.8) is 0 Å². The average Bonchev–Trinajstić information content (AvgIpc) is 3.12. The summed E-state index contributed by atoms with van der Waals surface area (Å²) < 4.78 is 0. The van der Waals surface area contributed by atoms with Crippen molar-refractivity contribution in [1.82, 2.24) is 4.98 Å². The number of hydrogen-bond donors (Lipinski definition) is 1. The molecular formula is C14H17N3. The molecular weight excluding hydrogens is 210 g/mol. The zero-order valence-corrected chi connectivity index (χ0v) is 10.3. The highest BCUT2D eigenvalue weighted by Gasteiger charge is 2.20. The van der Waals surface area contributed by atoms with E-state index in [1.807, 2.05) is 20.3 Å². The van der Waals surface area contributed by atoms with Crippen LogP contribution in [0, 0.1) is 0 Å². The zero-order valence-electron chi connectivity index (χ0n) is 10.3. The maximum absolute atomic E-state index is 4.44. The van der Waals surface area contributed by atoms with Crippen molar-refractivity contribution >= 4 is 22.3 Å². The van der Waals surface area contributed by atoms with Gasteiger partial charge in [0.05, 0.1) is 0 Å². The molecule has 88 valence electrons. The van der Waals surface area contributed by atoms with Gasteiger partial charge in [0, 0.05) is 37.4 Å². The van der Waals surface area contributed by atoms with Crippen LogP contribution in [0.5, 0.6) is 0 Å². The molecule has 0 unspecified atom stereocenters. The summed E-state index contributed by atoms with van der Waals surface area (Å²) in [6, 6.07) is 9.26. The van der Waals surface area contributed by atoms with Gasteiger partial charge in [0.15, 0.2) is 0 Å². The van der Waals surface area contributed by atoms with Crippen LogP contribution < -0.4 is 10.2 Å². The monoisotopic (exact) mass is 227 g/mol. The lowest BCUT2D eigenvalue weighted by Gasteiger charge is -2.15. The number of hydrogen-bond acceptors (Lipinski definition) is 3. The molecule has 1 saturated carbocycles. The van der Waals surface area contributed by atoms with Gasteiger partial charge in [-0.3, -0.25) is 0 Å². The van der Waals surface area contributed by atoms with E-state index in [9.17, 15) is 0 Å². The van der Waals surface area contributed by atoms with Gasteiger partial charge in [-0.25, -0.2) is 4.98 Å². The number of anilines is 2. The summed E-state index contributed by atoms with van der Waals surface area (Å²) in [5.74, 6) is 1.03. The fourth-order valence-corrected chi connectivity index (χ4v) is 2.06. The number of aromatic nitrogens is 1. The van der Waals surface area contributed by atoms with Crippen LogP contribution in [0.4, 0.5) is 11.5 Å². The molecule has 0 radical (unpaired) electrons. The van der Waals surface area contributed by atoms with Crippen molar-refractivity contribution in [2.75, 3.05) is 24.3 Å². The standard InChI is InChI=1S/C14H17N3/c1-17(2)14-13-9-12(16-11-5-6-11)4-3-10(13)7-8-15-14/h3-4,7-9,11,16H,5-6H2,1-2H3. The molecule has 1 aliphatic carbocycles. The first-order valence-electron chi connectivity index (χ1n) is 6.07. The molecule has 1 heterocycles. The molecule has 17 heavy (non-hydrogen) atoms. The molecule has 0 bridgehead atoms. The summed E-state index contributed by atoms with van der Waals surface area (Å²) in [6.45, 7) is 0. The first kappa shape index (κ1) is 10.4. The van der Waals surface area contributed by atoms with Crippen LogP contribution in [0.25, 0.3) is 10.8 Å². The Morgan fingerprint density at radius 1 is 1.24 bits per heavy atom. The molecule has 3 heteroatoms. The van der Waals surface area contributed by atoms with E-state index in [2.05, 4.69) is 39.5 Å². The molecule has 3 rings (SSSR count). The summed E-state index contributed by atoms with van der Waals surface area (Å²) in [4.78, 5) is 6.50. The molecule has 1 aliphatic rings. The average molecular weight is 227 g/mol. The second kappa shape index (κ2) is 3.91. The first-order valence-corrected chi connectivity index (χ1v) is 6.07. The fourth-order valence-electron chi connectivity index (χ4n) is 2.06. The molecule has 0 saturated heterocycles. The Labute approximate surface area is 101 Å². The van der Waals surface area contributed by atoms with Gasteiger partial charge < -0.3 is 10.2 Å². The highest BCUT2D eigenvalue weighted by Crippen LogP contribution is 2.29. The molecule has 1 fully saturated rings. The van der Waals surface area contributed by atoms with Crippen LogP contribution in [0.15, 0.2) is 30.5 Å². The van der Waals surface area contributed by atoms with Gasteiger partial charge in [0.2, 0.25) is 0 Å². The number of fused-ring (bicyclic) bond motifs is 1. The Balaban J connectivity index is 2.07. The largest absolute Gasteiger partial charge is 0.382 e. The summed E-state index contributed by atoms with van der Waals surface area (Å²) in [6.07, 6.45) is 4.46. The molecule has 1 aromatic heterocycles. The maximum Gasteiger partial charge on any atom is 0.135 e. The third-order valence-electron chi connectivity index (χ3n) is 3.12. The van der Waals surface area contributed by atoms with Gasteiger partial charge in [-0.15, -0.1) is 0 Å². The van der Waals surface area contributed by atoms with E-state index in [0.29, 0.717) is 6.04 Å².